The Hall–Kier alpha value is -2.09. The van der Waals surface area contributed by atoms with E-state index in [0.29, 0.717) is 6.54 Å². The summed E-state index contributed by atoms with van der Waals surface area (Å²) in [5.74, 6) is 1.46. The van der Waals surface area contributed by atoms with Gasteiger partial charge in [0, 0.05) is 24.5 Å². The lowest BCUT2D eigenvalue weighted by molar-refractivity contribution is 0.0331. The molecule has 5 nitrogen and oxygen atoms in total. The maximum atomic E-state index is 13.1. The van der Waals surface area contributed by atoms with Gasteiger partial charge in [0.1, 0.15) is 22.3 Å². The van der Waals surface area contributed by atoms with Gasteiger partial charge in [0.15, 0.2) is 0 Å². The van der Waals surface area contributed by atoms with Crippen molar-refractivity contribution in [1.82, 2.24) is 14.9 Å². The van der Waals surface area contributed by atoms with Crippen molar-refractivity contribution in [1.29, 1.82) is 0 Å². The third-order valence-electron chi connectivity index (χ3n) is 4.92. The van der Waals surface area contributed by atoms with Crippen molar-refractivity contribution in [2.24, 2.45) is 0 Å². The van der Waals surface area contributed by atoms with Crippen molar-refractivity contribution in [3.8, 4) is 0 Å². The smallest absolute Gasteiger partial charge is 0.146 e. The molecule has 0 bridgehead atoms. The molecular weight excluding hydrogens is 363 g/mol. The number of morpholine rings is 1. The second kappa shape index (κ2) is 7.88. The second-order valence-electron chi connectivity index (χ2n) is 6.82. The molecule has 4 rings (SSSR count). The summed E-state index contributed by atoms with van der Waals surface area (Å²) in [7, 11) is 0. The largest absolute Gasteiger partial charge is 0.379 e. The predicted octanol–water partition coefficient (Wildman–Crippen LogP) is 3.89. The molecule has 1 fully saturated rings. The summed E-state index contributed by atoms with van der Waals surface area (Å²) in [4.78, 5) is 14.2. The van der Waals surface area contributed by atoms with E-state index in [4.69, 9.17) is 14.7 Å². The standard InChI is InChI=1S/C20H23FN4OS/c1-13-14(2)27-20-18(13)19(22-11-15-3-5-16(21)6-4-15)23-17(24-20)12-25-7-9-26-10-8-25/h3-6H,7-12H2,1-2H3,(H,22,23,24). The third-order valence-corrected chi connectivity index (χ3v) is 6.02. The van der Waals surface area contributed by atoms with Crippen molar-refractivity contribution in [2.45, 2.75) is 26.9 Å². The average molecular weight is 386 g/mol. The lowest BCUT2D eigenvalue weighted by Crippen LogP contribution is -2.36. The zero-order valence-corrected chi connectivity index (χ0v) is 16.4. The molecular formula is C20H23FN4OS. The molecule has 0 spiro atoms. The number of fused-ring (bicyclic) bond motifs is 1. The van der Waals surface area contributed by atoms with Crippen LogP contribution in [-0.2, 0) is 17.8 Å². The van der Waals surface area contributed by atoms with E-state index in [1.165, 1.54) is 22.6 Å². The Balaban J connectivity index is 1.62. The number of halogens is 1. The Bertz CT molecular complexity index is 935. The molecule has 0 amide bonds. The molecule has 2 aromatic heterocycles. The van der Waals surface area contributed by atoms with Crippen LogP contribution in [0, 0.1) is 19.7 Å². The predicted molar refractivity (Wildman–Crippen MR) is 107 cm³/mol. The molecule has 1 N–H and O–H groups in total. The van der Waals surface area contributed by atoms with E-state index in [9.17, 15) is 4.39 Å². The SMILES string of the molecule is Cc1sc2nc(CN3CCOCC3)nc(NCc3ccc(F)cc3)c2c1C. The number of rotatable bonds is 5. The summed E-state index contributed by atoms with van der Waals surface area (Å²) in [5.41, 5.74) is 2.23. The molecule has 3 aromatic rings. The zero-order valence-electron chi connectivity index (χ0n) is 15.6. The molecule has 1 aliphatic heterocycles. The fraction of sp³-hybridized carbons (Fsp3) is 0.400. The van der Waals surface area contributed by atoms with Crippen LogP contribution in [0.25, 0.3) is 10.2 Å². The van der Waals surface area contributed by atoms with E-state index in [-0.39, 0.29) is 5.82 Å². The van der Waals surface area contributed by atoms with Crippen LogP contribution in [-0.4, -0.2) is 41.2 Å². The van der Waals surface area contributed by atoms with Crippen LogP contribution in [0.4, 0.5) is 10.2 Å². The fourth-order valence-corrected chi connectivity index (χ4v) is 4.29. The summed E-state index contributed by atoms with van der Waals surface area (Å²) >= 11 is 1.71. The Morgan fingerprint density at radius 2 is 1.89 bits per heavy atom. The maximum Gasteiger partial charge on any atom is 0.146 e. The summed E-state index contributed by atoms with van der Waals surface area (Å²) in [6.45, 7) is 8.88. The first-order chi connectivity index (χ1) is 13.1. The monoisotopic (exact) mass is 386 g/mol. The van der Waals surface area contributed by atoms with Gasteiger partial charge in [-0.2, -0.15) is 0 Å². The van der Waals surface area contributed by atoms with Crippen LogP contribution in [0.1, 0.15) is 21.8 Å². The van der Waals surface area contributed by atoms with Gasteiger partial charge in [-0.1, -0.05) is 12.1 Å². The van der Waals surface area contributed by atoms with Gasteiger partial charge in [-0.3, -0.25) is 4.90 Å². The van der Waals surface area contributed by atoms with Gasteiger partial charge in [-0.25, -0.2) is 14.4 Å². The van der Waals surface area contributed by atoms with Crippen LogP contribution in [0.15, 0.2) is 24.3 Å². The van der Waals surface area contributed by atoms with E-state index in [1.54, 1.807) is 23.5 Å². The van der Waals surface area contributed by atoms with E-state index in [2.05, 4.69) is 24.1 Å². The second-order valence-corrected chi connectivity index (χ2v) is 8.02. The van der Waals surface area contributed by atoms with Gasteiger partial charge in [-0.15, -0.1) is 11.3 Å². The first kappa shape index (κ1) is 18.3. The minimum atomic E-state index is -0.222. The molecule has 27 heavy (non-hydrogen) atoms. The van der Waals surface area contributed by atoms with Gasteiger partial charge in [-0.05, 0) is 37.1 Å². The number of benzene rings is 1. The number of nitrogens with zero attached hydrogens (tertiary/aromatic N) is 3. The summed E-state index contributed by atoms with van der Waals surface area (Å²) in [6.07, 6.45) is 0. The molecule has 142 valence electrons. The van der Waals surface area contributed by atoms with Crippen LogP contribution >= 0.6 is 11.3 Å². The van der Waals surface area contributed by atoms with E-state index >= 15 is 0 Å². The van der Waals surface area contributed by atoms with Gasteiger partial charge in [0.2, 0.25) is 0 Å². The van der Waals surface area contributed by atoms with Crippen LogP contribution < -0.4 is 5.32 Å². The summed E-state index contributed by atoms with van der Waals surface area (Å²) in [5, 5.41) is 4.53. The highest BCUT2D eigenvalue weighted by atomic mass is 32.1. The minimum absolute atomic E-state index is 0.222. The highest BCUT2D eigenvalue weighted by molar-refractivity contribution is 7.18. The van der Waals surface area contributed by atoms with Crippen molar-refractivity contribution in [3.63, 3.8) is 0 Å². The number of aromatic nitrogens is 2. The van der Waals surface area contributed by atoms with E-state index in [0.717, 1.165) is 60.3 Å². The molecule has 0 saturated carbocycles. The lowest BCUT2D eigenvalue weighted by atomic mass is 10.2. The summed E-state index contributed by atoms with van der Waals surface area (Å²) < 4.78 is 18.6. The molecule has 0 atom stereocenters. The van der Waals surface area contributed by atoms with Crippen LogP contribution in [0.3, 0.4) is 0 Å². The number of nitrogens with one attached hydrogen (secondary N) is 1. The van der Waals surface area contributed by atoms with Crippen molar-refractivity contribution >= 4 is 27.4 Å². The van der Waals surface area contributed by atoms with Crippen molar-refractivity contribution < 1.29 is 9.13 Å². The quantitative estimate of drug-likeness (QED) is 0.721. The topological polar surface area (TPSA) is 50.3 Å². The molecule has 1 saturated heterocycles. The van der Waals surface area contributed by atoms with Crippen LogP contribution in [0.5, 0.6) is 0 Å². The number of thiophene rings is 1. The highest BCUT2D eigenvalue weighted by Gasteiger charge is 2.17. The Morgan fingerprint density at radius 1 is 1.15 bits per heavy atom. The maximum absolute atomic E-state index is 13.1. The van der Waals surface area contributed by atoms with Crippen molar-refractivity contribution in [3.05, 3.63) is 51.9 Å². The molecule has 0 radical (unpaired) electrons. The highest BCUT2D eigenvalue weighted by Crippen LogP contribution is 2.33. The Morgan fingerprint density at radius 3 is 2.63 bits per heavy atom. The molecule has 1 aliphatic rings. The minimum Gasteiger partial charge on any atom is -0.379 e. The number of hydrogen-bond donors (Lipinski definition) is 1. The number of ether oxygens (including phenoxy) is 1. The van der Waals surface area contributed by atoms with Gasteiger partial charge in [0.25, 0.3) is 0 Å². The lowest BCUT2D eigenvalue weighted by Gasteiger charge is -2.25. The van der Waals surface area contributed by atoms with Gasteiger partial charge < -0.3 is 10.1 Å². The van der Waals surface area contributed by atoms with Crippen molar-refractivity contribution in [2.75, 3.05) is 31.6 Å². The Labute approximate surface area is 162 Å². The average Bonchev–Trinajstić information content (AvgIpc) is 2.96. The zero-order chi connectivity index (χ0) is 18.8. The number of hydrogen-bond acceptors (Lipinski definition) is 6. The van der Waals surface area contributed by atoms with Crippen LogP contribution in [0.2, 0.25) is 0 Å². The normalized spacial score (nSPS) is 15.4. The molecule has 1 aromatic carbocycles. The third kappa shape index (κ3) is 4.10. The van der Waals surface area contributed by atoms with E-state index in [1.807, 2.05) is 0 Å². The molecule has 0 aliphatic carbocycles. The van der Waals surface area contributed by atoms with Gasteiger partial charge >= 0.3 is 0 Å². The Kier molecular flexibility index (Phi) is 5.33. The van der Waals surface area contributed by atoms with E-state index < -0.39 is 0 Å². The fourth-order valence-electron chi connectivity index (χ4n) is 3.24. The summed E-state index contributed by atoms with van der Waals surface area (Å²) in [6, 6.07) is 6.55. The number of aryl methyl sites for hydroxylation is 2. The molecule has 7 heteroatoms. The molecule has 0 unspecified atom stereocenters. The number of anilines is 1. The molecule has 3 heterocycles. The van der Waals surface area contributed by atoms with Gasteiger partial charge in [0.05, 0.1) is 25.1 Å². The first-order valence-corrected chi connectivity index (χ1v) is 9.97. The first-order valence-electron chi connectivity index (χ1n) is 9.15.